The summed E-state index contributed by atoms with van der Waals surface area (Å²) < 4.78 is 9.87. The monoisotopic (exact) mass is 394 g/mol. The molecule has 1 fully saturated rings. The maximum absolute atomic E-state index is 12.2. The first kappa shape index (κ1) is 21.1. The van der Waals surface area contributed by atoms with Crippen LogP contribution < -0.4 is 16.0 Å². The number of benzene rings is 1. The lowest BCUT2D eigenvalue weighted by Crippen LogP contribution is -2.45. The van der Waals surface area contributed by atoms with Crippen molar-refractivity contribution in [1.82, 2.24) is 10.6 Å². The molecule has 11 heteroatoms. The lowest BCUT2D eigenvalue weighted by atomic mass is 10.1. The number of hydrogen-bond acceptors (Lipinski definition) is 8. The number of rotatable bonds is 9. The van der Waals surface area contributed by atoms with Crippen molar-refractivity contribution in [3.8, 4) is 0 Å². The molecule has 0 saturated heterocycles. The third-order valence-electron chi connectivity index (χ3n) is 3.85. The highest BCUT2D eigenvalue weighted by atomic mass is 16.6. The number of anilines is 1. The molecule has 11 nitrogen and oxygen atoms in total. The Morgan fingerprint density at radius 2 is 2.04 bits per heavy atom. The highest BCUT2D eigenvalue weighted by molar-refractivity contribution is 5.99. The number of esters is 1. The normalized spacial score (nSPS) is 13.9. The largest absolute Gasteiger partial charge is 0.449 e. The van der Waals surface area contributed by atoms with E-state index in [0.29, 0.717) is 13.2 Å². The molecule has 28 heavy (non-hydrogen) atoms. The molecule has 0 radical (unpaired) electrons. The molecule has 1 aliphatic rings. The smallest absolute Gasteiger partial charge is 0.339 e. The quantitative estimate of drug-likeness (QED) is 0.245. The molecular weight excluding hydrogens is 372 g/mol. The first-order valence-electron chi connectivity index (χ1n) is 8.65. The SMILES string of the molecule is COCCNc1ccc(C(=O)OC(C)C(=O)NC(=O)NC2CC2)cc1[N+](=O)[O-]. The average Bonchev–Trinajstić information content (AvgIpc) is 3.45. The van der Waals surface area contributed by atoms with Crippen LogP contribution in [-0.4, -0.2) is 55.2 Å². The van der Waals surface area contributed by atoms with E-state index in [1.54, 1.807) is 0 Å². The minimum absolute atomic E-state index is 0.0715. The van der Waals surface area contributed by atoms with Crippen LogP contribution in [-0.2, 0) is 14.3 Å². The zero-order valence-electron chi connectivity index (χ0n) is 15.5. The van der Waals surface area contributed by atoms with Gasteiger partial charge in [-0.25, -0.2) is 9.59 Å². The summed E-state index contributed by atoms with van der Waals surface area (Å²) in [6.45, 7) is 2.00. The Bertz CT molecular complexity index is 764. The van der Waals surface area contributed by atoms with Gasteiger partial charge in [0.2, 0.25) is 0 Å². The first-order chi connectivity index (χ1) is 13.3. The van der Waals surface area contributed by atoms with Gasteiger partial charge in [0.15, 0.2) is 6.10 Å². The second-order valence-corrected chi connectivity index (χ2v) is 6.19. The first-order valence-corrected chi connectivity index (χ1v) is 8.65. The van der Waals surface area contributed by atoms with E-state index in [1.807, 2.05) is 0 Å². The van der Waals surface area contributed by atoms with Crippen LogP contribution in [0.5, 0.6) is 0 Å². The van der Waals surface area contributed by atoms with Gasteiger partial charge in [-0.15, -0.1) is 0 Å². The zero-order chi connectivity index (χ0) is 20.7. The Morgan fingerprint density at radius 1 is 1.32 bits per heavy atom. The summed E-state index contributed by atoms with van der Waals surface area (Å²) in [6.07, 6.45) is 0.471. The van der Waals surface area contributed by atoms with Crippen LogP contribution in [0.1, 0.15) is 30.1 Å². The highest BCUT2D eigenvalue weighted by Crippen LogP contribution is 2.26. The third-order valence-corrected chi connectivity index (χ3v) is 3.85. The number of carbonyl (C=O) groups excluding carboxylic acids is 3. The van der Waals surface area contributed by atoms with Crippen molar-refractivity contribution in [3.05, 3.63) is 33.9 Å². The molecule has 1 aromatic rings. The lowest BCUT2D eigenvalue weighted by Gasteiger charge is -2.13. The van der Waals surface area contributed by atoms with Crippen molar-refractivity contribution in [2.45, 2.75) is 31.9 Å². The van der Waals surface area contributed by atoms with Crippen molar-refractivity contribution in [3.63, 3.8) is 0 Å². The summed E-state index contributed by atoms with van der Waals surface area (Å²) in [4.78, 5) is 46.3. The van der Waals surface area contributed by atoms with E-state index in [-0.39, 0.29) is 23.0 Å². The molecule has 2 rings (SSSR count). The van der Waals surface area contributed by atoms with Crippen LogP contribution in [0.4, 0.5) is 16.2 Å². The van der Waals surface area contributed by atoms with Crippen molar-refractivity contribution in [2.75, 3.05) is 25.6 Å². The van der Waals surface area contributed by atoms with Crippen LogP contribution in [0.3, 0.4) is 0 Å². The summed E-state index contributed by atoms with van der Waals surface area (Å²) >= 11 is 0. The number of hydrogen-bond donors (Lipinski definition) is 3. The molecule has 3 amide bonds. The summed E-state index contributed by atoms with van der Waals surface area (Å²) in [6, 6.07) is 3.19. The van der Waals surface area contributed by atoms with Crippen LogP contribution in [0, 0.1) is 10.1 Å². The van der Waals surface area contributed by atoms with Crippen molar-refractivity contribution < 1.29 is 28.8 Å². The van der Waals surface area contributed by atoms with E-state index in [4.69, 9.17) is 9.47 Å². The van der Waals surface area contributed by atoms with E-state index in [9.17, 15) is 24.5 Å². The molecule has 0 aliphatic heterocycles. The number of nitrogens with zero attached hydrogens (tertiary/aromatic N) is 1. The third kappa shape index (κ3) is 6.20. The van der Waals surface area contributed by atoms with E-state index in [1.165, 1.54) is 26.2 Å². The molecular formula is C17H22N4O7. The van der Waals surface area contributed by atoms with Gasteiger partial charge in [0.25, 0.3) is 11.6 Å². The molecule has 1 unspecified atom stereocenters. The van der Waals surface area contributed by atoms with Gasteiger partial charge in [-0.2, -0.15) is 0 Å². The summed E-state index contributed by atoms with van der Waals surface area (Å²) in [5, 5.41) is 18.7. The number of carbonyl (C=O) groups is 3. The Balaban J connectivity index is 1.97. The number of amides is 3. The summed E-state index contributed by atoms with van der Waals surface area (Å²) in [7, 11) is 1.50. The molecule has 0 heterocycles. The van der Waals surface area contributed by atoms with Crippen LogP contribution in [0.15, 0.2) is 18.2 Å². The van der Waals surface area contributed by atoms with Gasteiger partial charge < -0.3 is 20.1 Å². The minimum Gasteiger partial charge on any atom is -0.449 e. The van der Waals surface area contributed by atoms with Crippen molar-refractivity contribution in [1.29, 1.82) is 0 Å². The second kappa shape index (κ2) is 9.65. The Labute approximate surface area is 160 Å². The fourth-order valence-electron chi connectivity index (χ4n) is 2.19. The maximum atomic E-state index is 12.2. The number of urea groups is 1. The van der Waals surface area contributed by atoms with Crippen LogP contribution in [0.2, 0.25) is 0 Å². The van der Waals surface area contributed by atoms with Crippen LogP contribution in [0.25, 0.3) is 0 Å². The zero-order valence-corrected chi connectivity index (χ0v) is 15.5. The van der Waals surface area contributed by atoms with Crippen molar-refractivity contribution >= 4 is 29.3 Å². The number of methoxy groups -OCH3 is 1. The molecule has 3 N–H and O–H groups in total. The number of nitrogens with one attached hydrogen (secondary N) is 3. The van der Waals surface area contributed by atoms with E-state index in [2.05, 4.69) is 16.0 Å². The van der Waals surface area contributed by atoms with Gasteiger partial charge in [-0.05, 0) is 31.9 Å². The van der Waals surface area contributed by atoms with Gasteiger partial charge in [0.05, 0.1) is 17.1 Å². The standard InChI is InChI=1S/C17H22N4O7/c1-10(15(22)20-17(24)19-12-4-5-12)28-16(23)11-3-6-13(18-7-8-27-2)14(9-11)21(25)26/h3,6,9-10,12,18H,4-5,7-8H2,1-2H3,(H2,19,20,22,24). The fourth-order valence-corrected chi connectivity index (χ4v) is 2.19. The Kier molecular flexibility index (Phi) is 7.27. The fraction of sp³-hybridized carbons (Fsp3) is 0.471. The second-order valence-electron chi connectivity index (χ2n) is 6.19. The topological polar surface area (TPSA) is 149 Å². The molecule has 1 saturated carbocycles. The van der Waals surface area contributed by atoms with Gasteiger partial charge in [0, 0.05) is 25.8 Å². The number of ether oxygens (including phenoxy) is 2. The number of nitro benzene ring substituents is 1. The Morgan fingerprint density at radius 3 is 2.64 bits per heavy atom. The van der Waals surface area contributed by atoms with Gasteiger partial charge in [-0.1, -0.05) is 0 Å². The Hall–Kier alpha value is -3.21. The van der Waals surface area contributed by atoms with Crippen molar-refractivity contribution in [2.24, 2.45) is 0 Å². The minimum atomic E-state index is -1.25. The van der Waals surface area contributed by atoms with Gasteiger partial charge in [-0.3, -0.25) is 20.2 Å². The molecule has 1 atom stereocenters. The number of imide groups is 1. The van der Waals surface area contributed by atoms with E-state index in [0.717, 1.165) is 18.9 Å². The maximum Gasteiger partial charge on any atom is 0.339 e. The summed E-state index contributed by atoms with van der Waals surface area (Å²) in [5.74, 6) is -1.71. The molecule has 1 aliphatic carbocycles. The summed E-state index contributed by atoms with van der Waals surface area (Å²) in [5.41, 5.74) is -0.182. The van der Waals surface area contributed by atoms with E-state index < -0.39 is 28.9 Å². The molecule has 1 aromatic carbocycles. The molecule has 0 bridgehead atoms. The molecule has 0 aromatic heterocycles. The van der Waals surface area contributed by atoms with Crippen LogP contribution >= 0.6 is 0 Å². The lowest BCUT2D eigenvalue weighted by molar-refractivity contribution is -0.384. The number of nitro groups is 1. The predicted molar refractivity (Wildman–Crippen MR) is 98.0 cm³/mol. The highest BCUT2D eigenvalue weighted by Gasteiger charge is 2.26. The average molecular weight is 394 g/mol. The van der Waals surface area contributed by atoms with E-state index >= 15 is 0 Å². The van der Waals surface area contributed by atoms with Gasteiger partial charge >= 0.3 is 12.0 Å². The molecule has 0 spiro atoms. The molecule has 152 valence electrons. The predicted octanol–water partition coefficient (Wildman–Crippen LogP) is 1.19. The van der Waals surface area contributed by atoms with Gasteiger partial charge in [0.1, 0.15) is 5.69 Å².